The quantitative estimate of drug-likeness (QED) is 0.00879. The largest absolute Gasteiger partial charge is 0.493 e. The van der Waals surface area contributed by atoms with E-state index in [1.165, 1.54) is 7.11 Å². The average Bonchev–Trinajstić information content (AvgIpc) is 0.779. The van der Waals surface area contributed by atoms with E-state index >= 15 is 0 Å². The van der Waals surface area contributed by atoms with E-state index in [-0.39, 0.29) is 170 Å². The normalized spacial score (nSPS) is 11.6. The monoisotopic (exact) mass is 1350 g/mol. The summed E-state index contributed by atoms with van der Waals surface area (Å²) in [5, 5.41) is 0. The van der Waals surface area contributed by atoms with Crippen molar-refractivity contribution in [3.8, 4) is 23.0 Å². The third kappa shape index (κ3) is 26.3. The first kappa shape index (κ1) is 80.0. The molecule has 0 aliphatic heterocycles. The highest BCUT2D eigenvalue weighted by Crippen LogP contribution is 2.42. The van der Waals surface area contributed by atoms with Crippen molar-refractivity contribution in [3.63, 3.8) is 0 Å². The summed E-state index contributed by atoms with van der Waals surface area (Å²) in [6.45, 7) is 24.1. The molecule has 8 bridgehead atoms. The zero-order valence-corrected chi connectivity index (χ0v) is 59.4. The summed E-state index contributed by atoms with van der Waals surface area (Å²) < 4.78 is 54.6. The molecule has 0 fully saturated rings. The number of hydrogen-bond donors (Lipinski definition) is 0. The van der Waals surface area contributed by atoms with E-state index in [2.05, 4.69) is 52.2 Å². The van der Waals surface area contributed by atoms with Crippen LogP contribution < -0.4 is 18.9 Å². The molecule has 0 spiro atoms. The number of fused-ring (bicyclic) bond motifs is 8. The SMILES string of the molecule is C=C(C)C(=O)OCCCOc1c2cc(C(=O)CCCCC)cc1Cc1cc(C(=O)CCCCC)cc(c1OCCCOC(=O)C(=C)C)Cc1cc(C(=O)CCCCC)cc(c1OCCCOC(=O)C(=C)C)Cc1cc(C(=O)CCCCC)cc(c1OCCCOC(=O)CC(=O)OC)C2. The molecule has 0 saturated carbocycles. The molecule has 0 radical (unpaired) electrons. The molecule has 0 amide bonds. The number of unbranched alkanes of at least 4 members (excludes halogenated alkanes) is 8. The van der Waals surface area contributed by atoms with Crippen molar-refractivity contribution in [3.05, 3.63) is 152 Å². The van der Waals surface area contributed by atoms with Crippen molar-refractivity contribution in [2.45, 2.75) is 209 Å². The average molecular weight is 1350 g/mol. The highest BCUT2D eigenvalue weighted by molar-refractivity contribution is 5.99. The third-order valence-electron chi connectivity index (χ3n) is 16.5. The number of benzene rings is 4. The fourth-order valence-corrected chi connectivity index (χ4v) is 11.2. The van der Waals surface area contributed by atoms with Crippen molar-refractivity contribution >= 4 is 53.0 Å². The van der Waals surface area contributed by atoms with Gasteiger partial charge in [-0.25, -0.2) is 14.4 Å². The number of rotatable bonds is 45. The number of hydrogen-bond acceptors (Lipinski definition) is 18. The van der Waals surface area contributed by atoms with Crippen molar-refractivity contribution in [1.29, 1.82) is 0 Å². The molecule has 18 nitrogen and oxygen atoms in total. The fourth-order valence-electron chi connectivity index (χ4n) is 11.2. The Morgan fingerprint density at radius 3 is 0.745 bits per heavy atom. The minimum Gasteiger partial charge on any atom is -0.493 e. The van der Waals surface area contributed by atoms with Crippen LogP contribution in [0.1, 0.15) is 269 Å². The molecule has 4 aromatic rings. The van der Waals surface area contributed by atoms with Crippen LogP contribution in [0.25, 0.3) is 0 Å². The summed E-state index contributed by atoms with van der Waals surface area (Å²) in [5.41, 5.74) is 6.67. The summed E-state index contributed by atoms with van der Waals surface area (Å²) >= 11 is 0. The van der Waals surface area contributed by atoms with E-state index in [0.29, 0.717) is 115 Å². The molecular formula is C80H104O18. The number of carbonyl (C=O) groups is 9. The minimum atomic E-state index is -0.776. The van der Waals surface area contributed by atoms with Gasteiger partial charge in [-0.2, -0.15) is 0 Å². The standard InChI is InChI=1S/C80H104O18/c1-12-16-20-28-68(81)56-40-60-48-62-42-57(69(82)29-21-17-13-2)44-64(75(62)93-34-25-37-96-78(87)53(5)6)50-66-46-59(71(84)31-23-19-15-4)47-67(77(66)95-36-27-39-98-80(89)55(9)10)51-65-45-58(70(83)30-22-18-14-3)43-63(76(65)94-35-26-38-97-79(88)54(7)8)49-61(41-56)74(60)92-33-24-32-91-73(86)52-72(85)90-11/h40-47H,5,7,9,12-39,48-52H2,1-4,6,8,10-11H3. The lowest BCUT2D eigenvalue weighted by Gasteiger charge is -2.25. The second-order valence-electron chi connectivity index (χ2n) is 25.3. The van der Waals surface area contributed by atoms with Gasteiger partial charge in [0.1, 0.15) is 29.4 Å². The second-order valence-corrected chi connectivity index (χ2v) is 25.3. The summed E-state index contributed by atoms with van der Waals surface area (Å²) in [6, 6.07) is 14.6. The Hall–Kier alpha value is -8.67. The van der Waals surface area contributed by atoms with Crippen LogP contribution in [0, 0.1) is 0 Å². The van der Waals surface area contributed by atoms with Gasteiger partial charge in [0.25, 0.3) is 0 Å². The summed E-state index contributed by atoms with van der Waals surface area (Å²) in [7, 11) is 1.18. The minimum absolute atomic E-state index is 0.00251. The molecule has 1 aliphatic carbocycles. The Morgan fingerprint density at radius 1 is 0.316 bits per heavy atom. The molecule has 5 rings (SSSR count). The van der Waals surface area contributed by atoms with Gasteiger partial charge in [0, 0.05) is 116 Å². The topological polar surface area (TPSA) is 237 Å². The molecule has 0 N–H and O–H groups in total. The maximum Gasteiger partial charge on any atom is 0.333 e. The van der Waals surface area contributed by atoms with E-state index in [1.54, 1.807) is 20.8 Å². The Labute approximate surface area is 579 Å². The van der Waals surface area contributed by atoms with Crippen molar-refractivity contribution in [2.75, 3.05) is 60.0 Å². The van der Waals surface area contributed by atoms with Crippen LogP contribution in [0.4, 0.5) is 0 Å². The molecule has 18 heteroatoms. The lowest BCUT2D eigenvalue weighted by molar-refractivity contribution is -0.153. The van der Waals surface area contributed by atoms with E-state index in [4.69, 9.17) is 37.9 Å². The predicted molar refractivity (Wildman–Crippen MR) is 376 cm³/mol. The first-order chi connectivity index (χ1) is 47.1. The van der Waals surface area contributed by atoms with Crippen LogP contribution in [-0.4, -0.2) is 113 Å². The molecule has 4 aromatic carbocycles. The first-order valence-electron chi connectivity index (χ1n) is 35.1. The van der Waals surface area contributed by atoms with Gasteiger partial charge in [0.2, 0.25) is 0 Å². The molecule has 0 unspecified atom stereocenters. The maximum atomic E-state index is 14.8. The first-order valence-corrected chi connectivity index (χ1v) is 35.1. The van der Waals surface area contributed by atoms with Gasteiger partial charge in [0.05, 0.1) is 60.0 Å². The van der Waals surface area contributed by atoms with E-state index in [0.717, 1.165) is 51.4 Å². The second kappa shape index (κ2) is 42.9. The van der Waals surface area contributed by atoms with Crippen molar-refractivity contribution in [1.82, 2.24) is 0 Å². The molecule has 0 atom stereocenters. The van der Waals surface area contributed by atoms with Gasteiger partial charge in [-0.05, 0) is 139 Å². The number of esters is 5. The molecular weight excluding hydrogens is 1250 g/mol. The molecule has 0 aromatic heterocycles. The van der Waals surface area contributed by atoms with Gasteiger partial charge in [0.15, 0.2) is 23.1 Å². The molecule has 1 aliphatic rings. The lowest BCUT2D eigenvalue weighted by Crippen LogP contribution is -2.16. The lowest BCUT2D eigenvalue weighted by atomic mass is 9.86. The van der Waals surface area contributed by atoms with Gasteiger partial charge >= 0.3 is 29.8 Å². The zero-order chi connectivity index (χ0) is 71.5. The van der Waals surface area contributed by atoms with Crippen LogP contribution in [0.2, 0.25) is 0 Å². The Morgan fingerprint density at radius 2 is 0.541 bits per heavy atom. The molecule has 0 saturated heterocycles. The third-order valence-corrected chi connectivity index (χ3v) is 16.5. The van der Waals surface area contributed by atoms with Crippen LogP contribution in [0.15, 0.2) is 85.0 Å². The molecule has 532 valence electrons. The predicted octanol–water partition coefficient (Wildman–Crippen LogP) is 16.0. The van der Waals surface area contributed by atoms with Crippen LogP contribution >= 0.6 is 0 Å². The number of Topliss-reactive ketones (excluding diaryl/α,β-unsaturated/α-hetero) is 4. The van der Waals surface area contributed by atoms with Crippen molar-refractivity contribution < 1.29 is 85.8 Å². The Balaban J connectivity index is 2.00. The summed E-state index contributed by atoms with van der Waals surface area (Å²) in [4.78, 5) is 122. The van der Waals surface area contributed by atoms with Crippen molar-refractivity contribution in [2.24, 2.45) is 0 Å². The number of ketones is 4. The Kier molecular flexibility index (Phi) is 35.0. The van der Waals surface area contributed by atoms with Crippen LogP contribution in [-0.2, 0) is 73.3 Å². The van der Waals surface area contributed by atoms with Crippen LogP contribution in [0.3, 0.4) is 0 Å². The van der Waals surface area contributed by atoms with Gasteiger partial charge in [-0.1, -0.05) is 98.8 Å². The summed E-state index contributed by atoms with van der Waals surface area (Å²) in [5.74, 6) is -2.12. The van der Waals surface area contributed by atoms with Crippen LogP contribution in [0.5, 0.6) is 23.0 Å². The van der Waals surface area contributed by atoms with E-state index in [9.17, 15) is 43.2 Å². The van der Waals surface area contributed by atoms with Gasteiger partial charge in [-0.15, -0.1) is 0 Å². The Bertz CT molecular complexity index is 3300. The van der Waals surface area contributed by atoms with Gasteiger partial charge < -0.3 is 42.6 Å². The molecule has 0 heterocycles. The van der Waals surface area contributed by atoms with Gasteiger partial charge in [-0.3, -0.25) is 28.8 Å². The molecule has 98 heavy (non-hydrogen) atoms. The highest BCUT2D eigenvalue weighted by Gasteiger charge is 2.28. The van der Waals surface area contributed by atoms with E-state index in [1.807, 2.05) is 48.5 Å². The van der Waals surface area contributed by atoms with E-state index < -0.39 is 36.3 Å². The summed E-state index contributed by atoms with van der Waals surface area (Å²) in [6.07, 6.45) is 10.7. The zero-order valence-electron chi connectivity index (χ0n) is 59.4. The number of ether oxygens (including phenoxy) is 9. The maximum absolute atomic E-state index is 14.8. The smallest absolute Gasteiger partial charge is 0.333 e. The fraction of sp³-hybridized carbons (Fsp3) is 0.512. The number of methoxy groups -OCH3 is 1. The number of carbonyl (C=O) groups excluding carboxylic acids is 9. The highest BCUT2D eigenvalue weighted by atomic mass is 16.6.